The third kappa shape index (κ3) is 7.01. The van der Waals surface area contributed by atoms with Crippen molar-refractivity contribution in [3.05, 3.63) is 70.3 Å². The molecule has 0 saturated carbocycles. The molecule has 25 heavy (non-hydrogen) atoms. The van der Waals surface area contributed by atoms with E-state index in [-0.39, 0.29) is 24.0 Å². The van der Waals surface area contributed by atoms with E-state index in [1.54, 1.807) is 6.07 Å². The average molecular weight is 344 g/mol. The number of carbonyl (C=O) groups is 1. The summed E-state index contributed by atoms with van der Waals surface area (Å²) in [6.45, 7) is 1.38. The Bertz CT molecular complexity index is 691. The van der Waals surface area contributed by atoms with E-state index in [0.717, 1.165) is 5.56 Å². The molecule has 0 aliphatic rings. The van der Waals surface area contributed by atoms with E-state index in [4.69, 9.17) is 9.47 Å². The normalized spacial score (nSPS) is 10.2. The number of nitrogens with zero attached hydrogens (tertiary/aromatic N) is 1. The third-order valence-corrected chi connectivity index (χ3v) is 3.30. The molecule has 2 aromatic carbocycles. The fraction of sp³-hybridized carbons (Fsp3) is 0.278. The minimum absolute atomic E-state index is 0.0755. The Hall–Kier alpha value is -2.93. The number of amides is 1. The van der Waals surface area contributed by atoms with Crippen molar-refractivity contribution in [1.82, 2.24) is 5.32 Å². The second kappa shape index (κ2) is 10.0. The van der Waals surface area contributed by atoms with Crippen LogP contribution in [0.5, 0.6) is 5.75 Å². The number of nitro benzene ring substituents is 1. The van der Waals surface area contributed by atoms with Crippen LogP contribution in [0.1, 0.15) is 12.0 Å². The van der Waals surface area contributed by atoms with Crippen molar-refractivity contribution in [3.8, 4) is 5.75 Å². The van der Waals surface area contributed by atoms with E-state index >= 15 is 0 Å². The maximum atomic E-state index is 11.7. The number of carbonyl (C=O) groups excluding carboxylic acids is 1. The summed E-state index contributed by atoms with van der Waals surface area (Å²) in [5, 5.41) is 13.4. The average Bonchev–Trinajstić information content (AvgIpc) is 2.64. The fourth-order valence-electron chi connectivity index (χ4n) is 2.05. The van der Waals surface area contributed by atoms with Gasteiger partial charge in [0.2, 0.25) is 0 Å². The van der Waals surface area contributed by atoms with Crippen molar-refractivity contribution >= 4 is 11.6 Å². The number of non-ortho nitro benzene ring substituents is 1. The van der Waals surface area contributed by atoms with Gasteiger partial charge in [-0.25, -0.2) is 0 Å². The van der Waals surface area contributed by atoms with Crippen LogP contribution < -0.4 is 10.1 Å². The maximum absolute atomic E-state index is 11.7. The van der Waals surface area contributed by atoms with E-state index in [0.29, 0.717) is 26.2 Å². The van der Waals surface area contributed by atoms with Gasteiger partial charge in [-0.1, -0.05) is 36.4 Å². The van der Waals surface area contributed by atoms with E-state index in [1.807, 2.05) is 30.3 Å². The molecule has 2 aromatic rings. The van der Waals surface area contributed by atoms with Gasteiger partial charge in [-0.15, -0.1) is 0 Å². The van der Waals surface area contributed by atoms with E-state index in [9.17, 15) is 14.9 Å². The Balaban J connectivity index is 1.56. The predicted molar refractivity (Wildman–Crippen MR) is 92.3 cm³/mol. The van der Waals surface area contributed by atoms with Gasteiger partial charge in [0.05, 0.1) is 17.6 Å². The third-order valence-electron chi connectivity index (χ3n) is 3.30. The van der Waals surface area contributed by atoms with Crippen LogP contribution >= 0.6 is 0 Å². The first kappa shape index (κ1) is 18.4. The van der Waals surface area contributed by atoms with Crippen LogP contribution in [0.3, 0.4) is 0 Å². The zero-order valence-electron chi connectivity index (χ0n) is 13.7. The van der Waals surface area contributed by atoms with Crippen molar-refractivity contribution in [2.24, 2.45) is 0 Å². The van der Waals surface area contributed by atoms with Gasteiger partial charge in [-0.2, -0.15) is 0 Å². The molecule has 0 bridgehead atoms. The van der Waals surface area contributed by atoms with Crippen molar-refractivity contribution in [2.75, 3.05) is 19.8 Å². The minimum atomic E-state index is -0.512. The van der Waals surface area contributed by atoms with Crippen LogP contribution in [0.2, 0.25) is 0 Å². The summed E-state index contributed by atoms with van der Waals surface area (Å²) < 4.78 is 10.8. The molecule has 0 unspecified atom stereocenters. The Kier molecular flexibility index (Phi) is 7.40. The molecule has 1 N–H and O–H groups in total. The summed E-state index contributed by atoms with van der Waals surface area (Å²) in [5.74, 6) is 0.00473. The summed E-state index contributed by atoms with van der Waals surface area (Å²) in [6, 6.07) is 15.6. The number of ether oxygens (including phenoxy) is 2. The predicted octanol–water partition coefficient (Wildman–Crippen LogP) is 2.70. The van der Waals surface area contributed by atoms with E-state index in [2.05, 4.69) is 5.32 Å². The lowest BCUT2D eigenvalue weighted by Crippen LogP contribution is -2.30. The van der Waals surface area contributed by atoms with Gasteiger partial charge in [-0.3, -0.25) is 14.9 Å². The van der Waals surface area contributed by atoms with Gasteiger partial charge in [0.25, 0.3) is 11.6 Å². The van der Waals surface area contributed by atoms with Crippen LogP contribution in [0.4, 0.5) is 5.69 Å². The highest BCUT2D eigenvalue weighted by atomic mass is 16.6. The molecule has 0 fully saturated rings. The van der Waals surface area contributed by atoms with E-state index in [1.165, 1.54) is 18.2 Å². The molecule has 0 saturated heterocycles. The van der Waals surface area contributed by atoms with Gasteiger partial charge in [0, 0.05) is 19.2 Å². The quantitative estimate of drug-likeness (QED) is 0.406. The van der Waals surface area contributed by atoms with Crippen LogP contribution in [-0.2, 0) is 16.1 Å². The first-order valence-corrected chi connectivity index (χ1v) is 7.91. The Labute approximate surface area is 145 Å². The van der Waals surface area contributed by atoms with Crippen LogP contribution in [0.25, 0.3) is 0 Å². The standard InChI is InChI=1S/C18H20N2O5/c21-18(14-25-17-9-4-8-16(12-17)20(22)23)19-10-5-11-24-13-15-6-2-1-3-7-15/h1-4,6-9,12H,5,10-11,13-14H2,(H,19,21). The molecule has 0 aliphatic heterocycles. The first-order valence-electron chi connectivity index (χ1n) is 7.91. The molecule has 0 spiro atoms. The molecule has 2 rings (SSSR count). The largest absolute Gasteiger partial charge is 0.484 e. The number of benzene rings is 2. The monoisotopic (exact) mass is 344 g/mol. The number of hydrogen-bond donors (Lipinski definition) is 1. The highest BCUT2D eigenvalue weighted by Gasteiger charge is 2.08. The van der Waals surface area contributed by atoms with Gasteiger partial charge in [-0.05, 0) is 18.1 Å². The highest BCUT2D eigenvalue weighted by Crippen LogP contribution is 2.18. The van der Waals surface area contributed by atoms with Gasteiger partial charge in [0.15, 0.2) is 6.61 Å². The number of nitrogens with one attached hydrogen (secondary N) is 1. The molecular formula is C18H20N2O5. The highest BCUT2D eigenvalue weighted by molar-refractivity contribution is 5.77. The Morgan fingerprint density at radius 3 is 2.68 bits per heavy atom. The number of rotatable bonds is 10. The summed E-state index contributed by atoms with van der Waals surface area (Å²) in [4.78, 5) is 21.8. The van der Waals surface area contributed by atoms with Crippen molar-refractivity contribution in [2.45, 2.75) is 13.0 Å². The lowest BCUT2D eigenvalue weighted by Gasteiger charge is -2.08. The van der Waals surface area contributed by atoms with Crippen LogP contribution in [0.15, 0.2) is 54.6 Å². The lowest BCUT2D eigenvalue weighted by molar-refractivity contribution is -0.384. The summed E-state index contributed by atoms with van der Waals surface area (Å²) in [5.41, 5.74) is 1.03. The molecule has 0 radical (unpaired) electrons. The van der Waals surface area contributed by atoms with Gasteiger partial charge in [0.1, 0.15) is 5.75 Å². The SMILES string of the molecule is O=C(COc1cccc([N+](=O)[O-])c1)NCCCOCc1ccccc1. The Morgan fingerprint density at radius 2 is 1.92 bits per heavy atom. The molecule has 7 nitrogen and oxygen atoms in total. The maximum Gasteiger partial charge on any atom is 0.273 e. The van der Waals surface area contributed by atoms with E-state index < -0.39 is 4.92 Å². The molecular weight excluding hydrogens is 324 g/mol. The summed E-state index contributed by atoms with van der Waals surface area (Å²) in [7, 11) is 0. The Morgan fingerprint density at radius 1 is 1.12 bits per heavy atom. The topological polar surface area (TPSA) is 90.7 Å². The molecule has 132 valence electrons. The molecule has 0 aromatic heterocycles. The van der Waals surface area contributed by atoms with Crippen molar-refractivity contribution in [1.29, 1.82) is 0 Å². The van der Waals surface area contributed by atoms with Gasteiger partial charge < -0.3 is 14.8 Å². The van der Waals surface area contributed by atoms with Crippen molar-refractivity contribution < 1.29 is 19.2 Å². The second-order valence-corrected chi connectivity index (χ2v) is 5.28. The second-order valence-electron chi connectivity index (χ2n) is 5.28. The van der Waals surface area contributed by atoms with Crippen LogP contribution in [-0.4, -0.2) is 30.6 Å². The zero-order valence-corrected chi connectivity index (χ0v) is 13.7. The first-order chi connectivity index (χ1) is 12.1. The van der Waals surface area contributed by atoms with Crippen molar-refractivity contribution in [3.63, 3.8) is 0 Å². The number of hydrogen-bond acceptors (Lipinski definition) is 5. The van der Waals surface area contributed by atoms with Gasteiger partial charge >= 0.3 is 0 Å². The molecule has 1 amide bonds. The summed E-state index contributed by atoms with van der Waals surface area (Å²) >= 11 is 0. The van der Waals surface area contributed by atoms with Crippen LogP contribution in [0, 0.1) is 10.1 Å². The molecule has 7 heteroatoms. The zero-order chi connectivity index (χ0) is 17.9. The smallest absolute Gasteiger partial charge is 0.273 e. The molecule has 0 heterocycles. The minimum Gasteiger partial charge on any atom is -0.484 e. The summed E-state index contributed by atoms with van der Waals surface area (Å²) in [6.07, 6.45) is 0.690. The fourth-order valence-corrected chi connectivity index (χ4v) is 2.05. The number of nitro groups is 1. The lowest BCUT2D eigenvalue weighted by atomic mass is 10.2. The molecule has 0 atom stereocenters. The molecule has 0 aliphatic carbocycles.